The first kappa shape index (κ1) is 14.2. The fourth-order valence-electron chi connectivity index (χ4n) is 2.18. The first-order chi connectivity index (χ1) is 7.93. The van der Waals surface area contributed by atoms with Gasteiger partial charge in [0.15, 0.2) is 5.60 Å². The molecule has 1 saturated carbocycles. The summed E-state index contributed by atoms with van der Waals surface area (Å²) in [6.07, 6.45) is -5.05. The number of nitrogens with zero attached hydrogens (tertiary/aromatic N) is 1. The molecule has 2 rings (SSSR count). The molecule has 2 atom stereocenters. The molecule has 0 bridgehead atoms. The van der Waals surface area contributed by atoms with Gasteiger partial charge in [-0.25, -0.2) is 0 Å². The van der Waals surface area contributed by atoms with Crippen molar-refractivity contribution in [1.29, 1.82) is 0 Å². The molecule has 2 fully saturated rings. The van der Waals surface area contributed by atoms with Gasteiger partial charge in [0.1, 0.15) is 4.33 Å². The van der Waals surface area contributed by atoms with Crippen LogP contribution in [0.25, 0.3) is 0 Å². The van der Waals surface area contributed by atoms with Crippen LogP contribution in [-0.4, -0.2) is 45.1 Å². The number of halogens is 5. The highest BCUT2D eigenvalue weighted by Gasteiger charge is 2.70. The number of carbonyl (C=O) groups excluding carboxylic acids is 1. The molecule has 1 aliphatic carbocycles. The van der Waals surface area contributed by atoms with Crippen molar-refractivity contribution in [1.82, 2.24) is 4.90 Å². The summed E-state index contributed by atoms with van der Waals surface area (Å²) in [5.41, 5.74) is -3.87. The van der Waals surface area contributed by atoms with E-state index in [2.05, 4.69) is 0 Å². The Balaban J connectivity index is 2.09. The van der Waals surface area contributed by atoms with Crippen molar-refractivity contribution >= 4 is 29.1 Å². The summed E-state index contributed by atoms with van der Waals surface area (Å²) in [4.78, 5) is 13.0. The number of β-amino-alcohol motifs (C(OH)–C–C–N with tert-alkyl or cyclic N) is 1. The summed E-state index contributed by atoms with van der Waals surface area (Å²) in [7, 11) is 0. The van der Waals surface area contributed by atoms with Crippen molar-refractivity contribution in [2.75, 3.05) is 13.1 Å². The van der Waals surface area contributed by atoms with Crippen molar-refractivity contribution in [3.63, 3.8) is 0 Å². The van der Waals surface area contributed by atoms with Gasteiger partial charge in [-0.1, -0.05) is 0 Å². The molecule has 0 radical (unpaired) electrons. The summed E-state index contributed by atoms with van der Waals surface area (Å²) >= 11 is 11.6. The molecule has 0 unspecified atom stereocenters. The Bertz CT molecular complexity index is 401. The van der Waals surface area contributed by atoms with E-state index in [1.54, 1.807) is 0 Å². The molecule has 2 aliphatic rings. The van der Waals surface area contributed by atoms with Gasteiger partial charge in [0, 0.05) is 13.0 Å². The highest BCUT2D eigenvalue weighted by Crippen LogP contribution is 2.64. The minimum Gasteiger partial charge on any atom is -0.379 e. The Morgan fingerprint density at radius 3 is 2.22 bits per heavy atom. The molecule has 1 N–H and O–H groups in total. The van der Waals surface area contributed by atoms with E-state index in [0.717, 1.165) is 4.90 Å². The van der Waals surface area contributed by atoms with Crippen molar-refractivity contribution in [3.05, 3.63) is 0 Å². The number of aliphatic hydroxyl groups is 1. The molecule has 8 heteroatoms. The van der Waals surface area contributed by atoms with Crippen LogP contribution in [0.2, 0.25) is 0 Å². The molecule has 0 spiro atoms. The van der Waals surface area contributed by atoms with Gasteiger partial charge in [-0.15, -0.1) is 23.2 Å². The van der Waals surface area contributed by atoms with Gasteiger partial charge in [0.25, 0.3) is 0 Å². The maximum atomic E-state index is 12.6. The minimum absolute atomic E-state index is 0.145. The highest BCUT2D eigenvalue weighted by molar-refractivity contribution is 6.53. The minimum atomic E-state index is -4.74. The third kappa shape index (κ3) is 1.89. The zero-order valence-corrected chi connectivity index (χ0v) is 11.0. The van der Waals surface area contributed by atoms with Crippen molar-refractivity contribution in [3.8, 4) is 0 Å². The second kappa shape index (κ2) is 3.67. The Morgan fingerprint density at radius 2 is 1.89 bits per heavy atom. The predicted octanol–water partition coefficient (Wildman–Crippen LogP) is 2.10. The van der Waals surface area contributed by atoms with Crippen LogP contribution >= 0.6 is 23.2 Å². The third-order valence-electron chi connectivity index (χ3n) is 3.79. The zero-order valence-electron chi connectivity index (χ0n) is 9.52. The number of rotatable bonds is 1. The van der Waals surface area contributed by atoms with Gasteiger partial charge in [0.05, 0.1) is 12.0 Å². The number of hydrogen-bond donors (Lipinski definition) is 1. The molecule has 1 amide bonds. The SMILES string of the molecule is C[C@@]1(C(=O)N2CC[C@@](O)(C(F)(F)F)C2)CC1(Cl)Cl. The maximum Gasteiger partial charge on any atom is 0.419 e. The number of hydrogen-bond acceptors (Lipinski definition) is 2. The summed E-state index contributed by atoms with van der Waals surface area (Å²) in [6.45, 7) is 0.614. The normalized spacial score (nSPS) is 38.9. The van der Waals surface area contributed by atoms with E-state index in [0.29, 0.717) is 0 Å². The monoisotopic (exact) mass is 305 g/mol. The van der Waals surface area contributed by atoms with Crippen LogP contribution in [0.1, 0.15) is 19.8 Å². The van der Waals surface area contributed by atoms with Crippen LogP contribution in [-0.2, 0) is 4.79 Å². The third-order valence-corrected chi connectivity index (χ3v) is 4.89. The van der Waals surface area contributed by atoms with Crippen molar-refractivity contribution in [2.24, 2.45) is 5.41 Å². The lowest BCUT2D eigenvalue weighted by Gasteiger charge is -2.27. The average molecular weight is 306 g/mol. The first-order valence-corrected chi connectivity index (χ1v) is 6.15. The number of amides is 1. The quantitative estimate of drug-likeness (QED) is 0.754. The van der Waals surface area contributed by atoms with Gasteiger partial charge < -0.3 is 10.0 Å². The van der Waals surface area contributed by atoms with E-state index in [4.69, 9.17) is 23.2 Å². The summed E-state index contributed by atoms with van der Waals surface area (Å²) in [5, 5.41) is 9.48. The maximum absolute atomic E-state index is 12.6. The van der Waals surface area contributed by atoms with E-state index in [-0.39, 0.29) is 13.0 Å². The number of carbonyl (C=O) groups is 1. The molecule has 1 aliphatic heterocycles. The van der Waals surface area contributed by atoms with Crippen molar-refractivity contribution < 1.29 is 23.1 Å². The standard InChI is InChI=1S/C10H12Cl2F3NO2/c1-7(4-9(7,11)12)6(17)16-3-2-8(18,5-16)10(13,14)15/h18H,2-5H2,1H3/t7-,8-/m0/s1. The van der Waals surface area contributed by atoms with E-state index < -0.39 is 40.4 Å². The molecular formula is C10H12Cl2F3NO2. The number of likely N-dealkylation sites (tertiary alicyclic amines) is 1. The van der Waals surface area contributed by atoms with Crippen LogP contribution in [0.15, 0.2) is 0 Å². The molecule has 0 aromatic rings. The Morgan fingerprint density at radius 1 is 1.39 bits per heavy atom. The molecule has 3 nitrogen and oxygen atoms in total. The van der Waals surface area contributed by atoms with Crippen LogP contribution in [0.5, 0.6) is 0 Å². The first-order valence-electron chi connectivity index (χ1n) is 5.39. The average Bonchev–Trinajstić information content (AvgIpc) is 2.59. The van der Waals surface area contributed by atoms with Crippen LogP contribution in [0.4, 0.5) is 13.2 Å². The van der Waals surface area contributed by atoms with Crippen LogP contribution in [0, 0.1) is 5.41 Å². The molecule has 18 heavy (non-hydrogen) atoms. The lowest BCUT2D eigenvalue weighted by atomic mass is 10.0. The van der Waals surface area contributed by atoms with Gasteiger partial charge >= 0.3 is 6.18 Å². The molecule has 1 saturated heterocycles. The van der Waals surface area contributed by atoms with Gasteiger partial charge in [0.2, 0.25) is 5.91 Å². The second-order valence-electron chi connectivity index (χ2n) is 5.22. The van der Waals surface area contributed by atoms with E-state index >= 15 is 0 Å². The lowest BCUT2D eigenvalue weighted by molar-refractivity contribution is -0.253. The fourth-order valence-corrected chi connectivity index (χ4v) is 2.88. The Kier molecular flexibility index (Phi) is 2.90. The summed E-state index contributed by atoms with van der Waals surface area (Å²) < 4.78 is 36.6. The fraction of sp³-hybridized carbons (Fsp3) is 0.900. The predicted molar refractivity (Wildman–Crippen MR) is 59.4 cm³/mol. The van der Waals surface area contributed by atoms with Crippen molar-refractivity contribution in [2.45, 2.75) is 35.9 Å². The molecule has 0 aromatic carbocycles. The van der Waals surface area contributed by atoms with Gasteiger partial charge in [-0.2, -0.15) is 13.2 Å². The topological polar surface area (TPSA) is 40.5 Å². The van der Waals surface area contributed by atoms with Crippen LogP contribution < -0.4 is 0 Å². The summed E-state index contributed by atoms with van der Waals surface area (Å²) in [6, 6.07) is 0. The molecule has 1 heterocycles. The van der Waals surface area contributed by atoms with Gasteiger partial charge in [-0.05, 0) is 13.3 Å². The van der Waals surface area contributed by atoms with E-state index in [1.807, 2.05) is 0 Å². The molecule has 0 aromatic heterocycles. The van der Waals surface area contributed by atoms with Gasteiger partial charge in [-0.3, -0.25) is 4.79 Å². The largest absolute Gasteiger partial charge is 0.419 e. The Hall–Kier alpha value is -0.200. The smallest absolute Gasteiger partial charge is 0.379 e. The summed E-state index contributed by atoms with van der Waals surface area (Å²) in [5.74, 6) is -0.535. The molecular weight excluding hydrogens is 294 g/mol. The molecule has 104 valence electrons. The van der Waals surface area contributed by atoms with Crippen LogP contribution in [0.3, 0.4) is 0 Å². The lowest BCUT2D eigenvalue weighted by Crippen LogP contribution is -2.49. The van der Waals surface area contributed by atoms with E-state index in [1.165, 1.54) is 6.92 Å². The zero-order chi connectivity index (χ0) is 14.0. The Labute approximate surface area is 112 Å². The highest BCUT2D eigenvalue weighted by atomic mass is 35.5. The van der Waals surface area contributed by atoms with E-state index in [9.17, 15) is 23.1 Å². The number of alkyl halides is 5. The second-order valence-corrected chi connectivity index (χ2v) is 6.70.